The number of carbonyl (C=O) groups excluding carboxylic acids is 1. The van der Waals surface area contributed by atoms with Crippen molar-refractivity contribution in [2.24, 2.45) is 0 Å². The van der Waals surface area contributed by atoms with Crippen LogP contribution in [0.1, 0.15) is 29.2 Å². The van der Waals surface area contributed by atoms with Crippen molar-refractivity contribution in [3.63, 3.8) is 0 Å². The Labute approximate surface area is 101 Å². The zero-order valence-corrected chi connectivity index (χ0v) is 10.5. The Balaban J connectivity index is 2.03. The van der Waals surface area contributed by atoms with Gasteiger partial charge in [0, 0.05) is 13.1 Å². The van der Waals surface area contributed by atoms with Gasteiger partial charge in [0.15, 0.2) is 0 Å². The second kappa shape index (κ2) is 5.31. The van der Waals surface area contributed by atoms with E-state index in [4.69, 9.17) is 4.74 Å². The van der Waals surface area contributed by atoms with Gasteiger partial charge in [-0.15, -0.1) is 0 Å². The first-order valence-corrected chi connectivity index (χ1v) is 6.05. The monoisotopic (exact) mass is 237 g/mol. The number of ether oxygens (including phenoxy) is 1. The van der Waals surface area contributed by atoms with Gasteiger partial charge in [-0.05, 0) is 32.9 Å². The summed E-state index contributed by atoms with van der Waals surface area (Å²) < 4.78 is 6.68. The molecule has 0 amide bonds. The summed E-state index contributed by atoms with van der Waals surface area (Å²) in [6.07, 6.45) is 4.16. The molecule has 0 aromatic carbocycles. The van der Waals surface area contributed by atoms with E-state index < -0.39 is 0 Å². The molecular weight excluding hydrogens is 218 g/mol. The summed E-state index contributed by atoms with van der Waals surface area (Å²) in [5, 5.41) is 0. The van der Waals surface area contributed by atoms with Crippen LogP contribution < -0.4 is 0 Å². The fourth-order valence-electron chi connectivity index (χ4n) is 2.27. The van der Waals surface area contributed by atoms with Gasteiger partial charge in [0.05, 0.1) is 13.3 Å². The molecule has 1 aliphatic rings. The highest BCUT2D eigenvalue weighted by Crippen LogP contribution is 2.10. The van der Waals surface area contributed by atoms with Crippen LogP contribution in [0.5, 0.6) is 0 Å². The molecule has 2 rings (SSSR count). The van der Waals surface area contributed by atoms with Crippen molar-refractivity contribution in [3.05, 3.63) is 17.7 Å². The minimum absolute atomic E-state index is 0.313. The fraction of sp³-hybridized carbons (Fsp3) is 0.667. The maximum absolute atomic E-state index is 11.5. The molecule has 0 bridgehead atoms. The average Bonchev–Trinajstić information content (AvgIpc) is 2.95. The molecule has 17 heavy (non-hydrogen) atoms. The molecule has 0 spiro atoms. The molecule has 0 aliphatic carbocycles. The number of rotatable bonds is 4. The SMILES string of the molecule is COC(=O)c1cnc(C)n1CCN1CCCC1. The van der Waals surface area contributed by atoms with Gasteiger partial charge in [0.25, 0.3) is 0 Å². The first-order valence-electron chi connectivity index (χ1n) is 6.05. The third kappa shape index (κ3) is 2.66. The van der Waals surface area contributed by atoms with Crippen LogP contribution in [0.2, 0.25) is 0 Å². The van der Waals surface area contributed by atoms with E-state index in [0.717, 1.165) is 18.9 Å². The zero-order chi connectivity index (χ0) is 12.3. The molecule has 0 radical (unpaired) electrons. The quantitative estimate of drug-likeness (QED) is 0.735. The first-order chi connectivity index (χ1) is 8.22. The number of likely N-dealkylation sites (tertiary alicyclic amines) is 1. The van der Waals surface area contributed by atoms with Crippen LogP contribution in [-0.2, 0) is 11.3 Å². The Hall–Kier alpha value is -1.36. The van der Waals surface area contributed by atoms with E-state index in [0.29, 0.717) is 5.69 Å². The number of nitrogens with zero attached hydrogens (tertiary/aromatic N) is 3. The number of methoxy groups -OCH3 is 1. The fourth-order valence-corrected chi connectivity index (χ4v) is 2.27. The molecule has 1 fully saturated rings. The standard InChI is InChI=1S/C12H19N3O2/c1-10-13-9-11(12(16)17-2)15(10)8-7-14-5-3-4-6-14/h9H,3-8H2,1-2H3. The molecule has 94 valence electrons. The molecular formula is C12H19N3O2. The van der Waals surface area contributed by atoms with E-state index in [1.54, 1.807) is 6.20 Å². The second-order valence-corrected chi connectivity index (χ2v) is 4.38. The van der Waals surface area contributed by atoms with Gasteiger partial charge in [-0.2, -0.15) is 0 Å². The van der Waals surface area contributed by atoms with Crippen LogP contribution in [0.4, 0.5) is 0 Å². The minimum atomic E-state index is -0.313. The summed E-state index contributed by atoms with van der Waals surface area (Å²) in [6, 6.07) is 0. The highest BCUT2D eigenvalue weighted by molar-refractivity contribution is 5.87. The van der Waals surface area contributed by atoms with Gasteiger partial charge in [0.1, 0.15) is 11.5 Å². The number of esters is 1. The summed E-state index contributed by atoms with van der Waals surface area (Å²) >= 11 is 0. The predicted molar refractivity (Wildman–Crippen MR) is 64.0 cm³/mol. The van der Waals surface area contributed by atoms with Crippen molar-refractivity contribution in [1.29, 1.82) is 0 Å². The Morgan fingerprint density at radius 1 is 1.41 bits per heavy atom. The highest BCUT2D eigenvalue weighted by Gasteiger charge is 2.16. The Kier molecular flexibility index (Phi) is 3.78. The van der Waals surface area contributed by atoms with Crippen molar-refractivity contribution in [2.45, 2.75) is 26.3 Å². The van der Waals surface area contributed by atoms with E-state index in [1.807, 2.05) is 11.5 Å². The molecule has 0 unspecified atom stereocenters. The largest absolute Gasteiger partial charge is 0.464 e. The summed E-state index contributed by atoms with van der Waals surface area (Å²) in [5.74, 6) is 0.552. The molecule has 5 heteroatoms. The molecule has 1 saturated heterocycles. The summed E-state index contributed by atoms with van der Waals surface area (Å²) in [7, 11) is 1.40. The lowest BCUT2D eigenvalue weighted by atomic mass is 10.4. The zero-order valence-electron chi connectivity index (χ0n) is 10.5. The Morgan fingerprint density at radius 3 is 2.76 bits per heavy atom. The molecule has 5 nitrogen and oxygen atoms in total. The topological polar surface area (TPSA) is 47.4 Å². The number of aryl methyl sites for hydroxylation is 1. The van der Waals surface area contributed by atoms with Gasteiger partial charge in [-0.1, -0.05) is 0 Å². The van der Waals surface area contributed by atoms with Crippen LogP contribution in [0.3, 0.4) is 0 Å². The van der Waals surface area contributed by atoms with E-state index in [1.165, 1.54) is 33.0 Å². The smallest absolute Gasteiger partial charge is 0.356 e. The van der Waals surface area contributed by atoms with Crippen molar-refractivity contribution in [3.8, 4) is 0 Å². The van der Waals surface area contributed by atoms with Crippen LogP contribution in [0.15, 0.2) is 6.20 Å². The maximum Gasteiger partial charge on any atom is 0.356 e. The summed E-state index contributed by atoms with van der Waals surface area (Å²) in [6.45, 7) is 6.02. The van der Waals surface area contributed by atoms with Gasteiger partial charge in [0.2, 0.25) is 0 Å². The van der Waals surface area contributed by atoms with E-state index in [-0.39, 0.29) is 5.97 Å². The molecule has 0 N–H and O–H groups in total. The molecule has 2 heterocycles. The van der Waals surface area contributed by atoms with Crippen molar-refractivity contribution >= 4 is 5.97 Å². The first kappa shape index (κ1) is 12.1. The maximum atomic E-state index is 11.5. The Morgan fingerprint density at radius 2 is 2.12 bits per heavy atom. The van der Waals surface area contributed by atoms with Crippen molar-refractivity contribution < 1.29 is 9.53 Å². The predicted octanol–water partition coefficient (Wildman–Crippen LogP) is 1.07. The van der Waals surface area contributed by atoms with Crippen LogP contribution in [-0.4, -0.2) is 47.2 Å². The lowest BCUT2D eigenvalue weighted by Crippen LogP contribution is -2.25. The van der Waals surface area contributed by atoms with E-state index in [2.05, 4.69) is 9.88 Å². The number of aromatic nitrogens is 2. The van der Waals surface area contributed by atoms with Gasteiger partial charge < -0.3 is 14.2 Å². The second-order valence-electron chi connectivity index (χ2n) is 4.38. The summed E-state index contributed by atoms with van der Waals surface area (Å²) in [4.78, 5) is 18.1. The third-order valence-electron chi connectivity index (χ3n) is 3.29. The van der Waals surface area contributed by atoms with Gasteiger partial charge >= 0.3 is 5.97 Å². The third-order valence-corrected chi connectivity index (χ3v) is 3.29. The Bertz CT molecular complexity index is 394. The lowest BCUT2D eigenvalue weighted by Gasteiger charge is -2.16. The highest BCUT2D eigenvalue weighted by atomic mass is 16.5. The van der Waals surface area contributed by atoms with Gasteiger partial charge in [-0.3, -0.25) is 0 Å². The molecule has 0 saturated carbocycles. The lowest BCUT2D eigenvalue weighted by molar-refractivity contribution is 0.0587. The van der Waals surface area contributed by atoms with Gasteiger partial charge in [-0.25, -0.2) is 9.78 Å². The number of hydrogen-bond acceptors (Lipinski definition) is 4. The molecule has 1 aromatic heterocycles. The van der Waals surface area contributed by atoms with Crippen LogP contribution >= 0.6 is 0 Å². The van der Waals surface area contributed by atoms with Crippen molar-refractivity contribution in [2.75, 3.05) is 26.7 Å². The molecule has 1 aliphatic heterocycles. The van der Waals surface area contributed by atoms with Crippen LogP contribution in [0, 0.1) is 6.92 Å². The van der Waals surface area contributed by atoms with Crippen molar-refractivity contribution in [1.82, 2.24) is 14.5 Å². The molecule has 0 atom stereocenters. The normalized spacial score (nSPS) is 16.4. The van der Waals surface area contributed by atoms with Crippen LogP contribution in [0.25, 0.3) is 0 Å². The average molecular weight is 237 g/mol. The number of imidazole rings is 1. The number of hydrogen-bond donors (Lipinski definition) is 0. The van der Waals surface area contributed by atoms with E-state index in [9.17, 15) is 4.79 Å². The number of carbonyl (C=O) groups is 1. The van der Waals surface area contributed by atoms with E-state index >= 15 is 0 Å². The molecule has 1 aromatic rings. The minimum Gasteiger partial charge on any atom is -0.464 e. The summed E-state index contributed by atoms with van der Waals surface area (Å²) in [5.41, 5.74) is 0.546.